The quantitative estimate of drug-likeness (QED) is 0.276. The lowest BCUT2D eigenvalue weighted by molar-refractivity contribution is -0.113. The first kappa shape index (κ1) is 22.7. The number of benzene rings is 3. The van der Waals surface area contributed by atoms with Crippen molar-refractivity contribution in [3.63, 3.8) is 0 Å². The van der Waals surface area contributed by atoms with Gasteiger partial charge in [-0.25, -0.2) is 0 Å². The van der Waals surface area contributed by atoms with Crippen molar-refractivity contribution < 1.29 is 4.79 Å². The molecule has 0 unspecified atom stereocenters. The summed E-state index contributed by atoms with van der Waals surface area (Å²) in [7, 11) is 0. The molecule has 0 saturated heterocycles. The van der Waals surface area contributed by atoms with Crippen molar-refractivity contribution in [2.24, 2.45) is 0 Å². The van der Waals surface area contributed by atoms with Crippen LogP contribution < -0.4 is 5.32 Å². The minimum Gasteiger partial charge on any atom is -0.325 e. The first-order valence-corrected chi connectivity index (χ1v) is 12.4. The highest BCUT2D eigenvalue weighted by molar-refractivity contribution is 7.99. The van der Waals surface area contributed by atoms with E-state index >= 15 is 0 Å². The zero-order chi connectivity index (χ0) is 22.3. The van der Waals surface area contributed by atoms with Crippen molar-refractivity contribution in [3.05, 3.63) is 94.7 Å². The van der Waals surface area contributed by atoms with Crippen molar-refractivity contribution in [3.8, 4) is 5.69 Å². The lowest BCUT2D eigenvalue weighted by atomic mass is 10.3. The van der Waals surface area contributed by atoms with Gasteiger partial charge >= 0.3 is 0 Å². The zero-order valence-corrected chi connectivity index (χ0v) is 19.9. The number of anilines is 1. The largest absolute Gasteiger partial charge is 0.325 e. The second-order valence-electron chi connectivity index (χ2n) is 6.67. The van der Waals surface area contributed by atoms with E-state index in [9.17, 15) is 4.79 Å². The smallest absolute Gasteiger partial charge is 0.234 e. The van der Waals surface area contributed by atoms with Crippen LogP contribution in [-0.4, -0.2) is 26.4 Å². The number of carbonyl (C=O) groups excluding carboxylic acids is 1. The number of nitrogens with one attached hydrogen (secondary N) is 1. The molecule has 1 heterocycles. The molecule has 9 heteroatoms. The van der Waals surface area contributed by atoms with E-state index in [2.05, 4.69) is 27.6 Å². The minimum atomic E-state index is -0.184. The van der Waals surface area contributed by atoms with Gasteiger partial charge in [0.05, 0.1) is 11.5 Å². The van der Waals surface area contributed by atoms with Crippen molar-refractivity contribution in [2.75, 3.05) is 11.1 Å². The molecule has 0 bridgehead atoms. The lowest BCUT2D eigenvalue weighted by Gasteiger charge is -2.10. The van der Waals surface area contributed by atoms with Crippen LogP contribution in [0, 0.1) is 0 Å². The van der Waals surface area contributed by atoms with Crippen LogP contribution in [0.15, 0.2) is 88.9 Å². The number of para-hydroxylation sites is 1. The Hall–Kier alpha value is -2.45. The molecule has 4 aromatic rings. The van der Waals surface area contributed by atoms with E-state index in [-0.39, 0.29) is 11.7 Å². The number of hydrogen-bond acceptors (Lipinski definition) is 5. The van der Waals surface area contributed by atoms with E-state index in [1.165, 1.54) is 11.8 Å². The first-order chi connectivity index (χ1) is 15.6. The van der Waals surface area contributed by atoms with Gasteiger partial charge in [0.25, 0.3) is 0 Å². The maximum absolute atomic E-state index is 12.5. The van der Waals surface area contributed by atoms with Gasteiger partial charge in [-0.1, -0.05) is 71.4 Å². The second-order valence-corrected chi connectivity index (χ2v) is 9.53. The number of rotatable bonds is 8. The lowest BCUT2D eigenvalue weighted by Crippen LogP contribution is -2.14. The molecule has 0 radical (unpaired) electrons. The molecule has 32 heavy (non-hydrogen) atoms. The normalized spacial score (nSPS) is 10.8. The molecule has 5 nitrogen and oxygen atoms in total. The van der Waals surface area contributed by atoms with Crippen LogP contribution >= 0.6 is 46.7 Å². The summed E-state index contributed by atoms with van der Waals surface area (Å²) in [5, 5.41) is 13.1. The van der Waals surface area contributed by atoms with Crippen LogP contribution in [0.3, 0.4) is 0 Å². The zero-order valence-electron chi connectivity index (χ0n) is 16.7. The van der Waals surface area contributed by atoms with E-state index in [0.717, 1.165) is 16.4 Å². The van der Waals surface area contributed by atoms with Gasteiger partial charge in [-0.05, 0) is 42.5 Å². The molecule has 162 valence electrons. The Kier molecular flexibility index (Phi) is 7.76. The molecule has 0 spiro atoms. The van der Waals surface area contributed by atoms with Crippen LogP contribution in [0.1, 0.15) is 5.82 Å². The average Bonchev–Trinajstić information content (AvgIpc) is 3.20. The van der Waals surface area contributed by atoms with Crippen molar-refractivity contribution in [2.45, 2.75) is 15.8 Å². The van der Waals surface area contributed by atoms with Gasteiger partial charge in [0.2, 0.25) is 5.91 Å². The van der Waals surface area contributed by atoms with Crippen LogP contribution in [0.5, 0.6) is 0 Å². The predicted octanol–water partition coefficient (Wildman–Crippen LogP) is 6.60. The molecule has 1 N–H and O–H groups in total. The fourth-order valence-electron chi connectivity index (χ4n) is 2.94. The number of nitrogens with zero attached hydrogens (tertiary/aromatic N) is 3. The fourth-order valence-corrected chi connectivity index (χ4v) is 5.07. The van der Waals surface area contributed by atoms with Crippen LogP contribution in [-0.2, 0) is 10.5 Å². The van der Waals surface area contributed by atoms with E-state index in [0.29, 0.717) is 26.6 Å². The molecule has 0 aliphatic heterocycles. The molecule has 1 aromatic heterocycles. The summed E-state index contributed by atoms with van der Waals surface area (Å²) >= 11 is 15.0. The Morgan fingerprint density at radius 3 is 2.22 bits per heavy atom. The van der Waals surface area contributed by atoms with E-state index in [1.807, 2.05) is 53.1 Å². The molecule has 0 aliphatic rings. The maximum atomic E-state index is 12.5. The van der Waals surface area contributed by atoms with Crippen molar-refractivity contribution in [1.82, 2.24) is 14.8 Å². The summed E-state index contributed by atoms with van der Waals surface area (Å²) in [5.41, 5.74) is 1.50. The maximum Gasteiger partial charge on any atom is 0.234 e. The second kappa shape index (κ2) is 10.9. The molecule has 0 saturated carbocycles. The SMILES string of the molecule is O=C(CSc1nnc(CSc2ccccc2)n1-c1ccccc1)Nc1cc(Cl)cc(Cl)c1. The molecular weight excluding hydrogens is 483 g/mol. The van der Waals surface area contributed by atoms with Gasteiger partial charge in [0.15, 0.2) is 5.16 Å². The van der Waals surface area contributed by atoms with E-state index < -0.39 is 0 Å². The topological polar surface area (TPSA) is 59.8 Å². The van der Waals surface area contributed by atoms with Crippen LogP contribution in [0.2, 0.25) is 10.0 Å². The van der Waals surface area contributed by atoms with Gasteiger partial charge in [0.1, 0.15) is 5.82 Å². The Balaban J connectivity index is 1.49. The van der Waals surface area contributed by atoms with E-state index in [1.54, 1.807) is 30.0 Å². The highest BCUT2D eigenvalue weighted by atomic mass is 35.5. The highest BCUT2D eigenvalue weighted by Crippen LogP contribution is 2.28. The number of halogens is 2. The van der Waals surface area contributed by atoms with Crippen LogP contribution in [0.25, 0.3) is 5.69 Å². The molecular formula is C23H18Cl2N4OS2. The molecule has 1 amide bonds. The predicted molar refractivity (Wildman–Crippen MR) is 133 cm³/mol. The van der Waals surface area contributed by atoms with Gasteiger partial charge in [-0.2, -0.15) is 0 Å². The third-order valence-corrected chi connectivity index (χ3v) is 6.68. The number of thioether (sulfide) groups is 2. The monoisotopic (exact) mass is 500 g/mol. The molecule has 0 fully saturated rings. The Morgan fingerprint density at radius 2 is 1.53 bits per heavy atom. The van der Waals surface area contributed by atoms with Crippen molar-refractivity contribution >= 4 is 58.3 Å². The first-order valence-electron chi connectivity index (χ1n) is 9.65. The average molecular weight is 501 g/mol. The molecule has 0 atom stereocenters. The van der Waals surface area contributed by atoms with Crippen molar-refractivity contribution in [1.29, 1.82) is 0 Å². The van der Waals surface area contributed by atoms with E-state index in [4.69, 9.17) is 23.2 Å². The van der Waals surface area contributed by atoms with Gasteiger partial charge in [0, 0.05) is 26.3 Å². The Morgan fingerprint density at radius 1 is 0.875 bits per heavy atom. The standard InChI is InChI=1S/C23H18Cl2N4OS2/c24-16-11-17(25)13-18(12-16)26-22(30)15-32-23-28-27-21(14-31-20-9-5-2-6-10-20)29(23)19-7-3-1-4-8-19/h1-13H,14-15H2,(H,26,30). The highest BCUT2D eigenvalue weighted by Gasteiger charge is 2.16. The molecule has 4 rings (SSSR count). The summed E-state index contributed by atoms with van der Waals surface area (Å²) in [4.78, 5) is 13.7. The fraction of sp³-hybridized carbons (Fsp3) is 0.0870. The molecule has 0 aliphatic carbocycles. The number of amides is 1. The summed E-state index contributed by atoms with van der Waals surface area (Å²) in [6, 6.07) is 25.0. The van der Waals surface area contributed by atoms with Gasteiger partial charge in [-0.3, -0.25) is 9.36 Å². The summed E-state index contributed by atoms with van der Waals surface area (Å²) < 4.78 is 1.99. The number of aromatic nitrogens is 3. The Bertz CT molecular complexity index is 1180. The summed E-state index contributed by atoms with van der Waals surface area (Å²) in [6.07, 6.45) is 0. The summed E-state index contributed by atoms with van der Waals surface area (Å²) in [5.74, 6) is 1.45. The Labute approximate surface area is 204 Å². The molecule has 3 aromatic carbocycles. The summed E-state index contributed by atoms with van der Waals surface area (Å²) in [6.45, 7) is 0. The van der Waals surface area contributed by atoms with Gasteiger partial charge < -0.3 is 5.32 Å². The third-order valence-electron chi connectivity index (χ3n) is 4.30. The number of hydrogen-bond donors (Lipinski definition) is 1. The third kappa shape index (κ3) is 6.07. The van der Waals surface area contributed by atoms with Gasteiger partial charge in [-0.15, -0.1) is 22.0 Å². The minimum absolute atomic E-state index is 0.168. The number of carbonyl (C=O) groups is 1. The van der Waals surface area contributed by atoms with Crippen LogP contribution in [0.4, 0.5) is 5.69 Å².